The summed E-state index contributed by atoms with van der Waals surface area (Å²) in [5, 5.41) is 17.6. The van der Waals surface area contributed by atoms with Crippen LogP contribution in [0.2, 0.25) is 5.02 Å². The quantitative estimate of drug-likeness (QED) is 0.791. The van der Waals surface area contributed by atoms with E-state index in [4.69, 9.17) is 16.7 Å². The summed E-state index contributed by atoms with van der Waals surface area (Å²) < 4.78 is 0. The van der Waals surface area contributed by atoms with Crippen LogP contribution < -0.4 is 5.32 Å². The van der Waals surface area contributed by atoms with Crippen LogP contribution in [-0.4, -0.2) is 27.2 Å². The van der Waals surface area contributed by atoms with Gasteiger partial charge in [-0.25, -0.2) is 4.79 Å². The Kier molecular flexibility index (Phi) is 3.29. The molecule has 0 aliphatic rings. The predicted molar refractivity (Wildman–Crippen MR) is 65.0 cm³/mol. The van der Waals surface area contributed by atoms with Gasteiger partial charge in [-0.3, -0.25) is 9.89 Å². The molecule has 1 aromatic heterocycles. The van der Waals surface area contributed by atoms with E-state index < -0.39 is 11.9 Å². The summed E-state index contributed by atoms with van der Waals surface area (Å²) in [6.45, 7) is 0. The van der Waals surface area contributed by atoms with Gasteiger partial charge in [0.25, 0.3) is 5.91 Å². The van der Waals surface area contributed by atoms with Crippen LogP contribution in [0, 0.1) is 0 Å². The number of hydrogen-bond acceptors (Lipinski definition) is 3. The van der Waals surface area contributed by atoms with Gasteiger partial charge in [0.2, 0.25) is 0 Å². The fraction of sp³-hybridized carbons (Fsp3) is 0. The van der Waals surface area contributed by atoms with Crippen molar-refractivity contribution >= 4 is 29.3 Å². The average molecular weight is 266 g/mol. The molecule has 0 atom stereocenters. The molecule has 6 nitrogen and oxygen atoms in total. The van der Waals surface area contributed by atoms with Crippen LogP contribution in [0.5, 0.6) is 0 Å². The largest absolute Gasteiger partial charge is 0.477 e. The third kappa shape index (κ3) is 2.67. The summed E-state index contributed by atoms with van der Waals surface area (Å²) in [5.74, 6) is -1.39. The number of aromatic amines is 1. The average Bonchev–Trinajstić information content (AvgIpc) is 2.78. The maximum absolute atomic E-state index is 11.7. The molecule has 0 bridgehead atoms. The second kappa shape index (κ2) is 4.89. The SMILES string of the molecule is O=C(Nc1cc(C(=O)O)[nH]n1)c1ccc(Cl)cc1. The number of halogens is 1. The Morgan fingerprint density at radius 1 is 1.28 bits per heavy atom. The summed E-state index contributed by atoms with van der Waals surface area (Å²) in [6.07, 6.45) is 0. The number of carbonyl (C=O) groups is 2. The Morgan fingerprint density at radius 3 is 2.50 bits per heavy atom. The van der Waals surface area contributed by atoms with E-state index in [0.717, 1.165) is 0 Å². The number of carboxylic acid groups (broad SMARTS) is 1. The molecule has 18 heavy (non-hydrogen) atoms. The highest BCUT2D eigenvalue weighted by molar-refractivity contribution is 6.30. The van der Waals surface area contributed by atoms with E-state index in [1.165, 1.54) is 6.07 Å². The van der Waals surface area contributed by atoms with Gasteiger partial charge in [0, 0.05) is 16.7 Å². The normalized spacial score (nSPS) is 10.1. The van der Waals surface area contributed by atoms with Gasteiger partial charge in [0.15, 0.2) is 5.82 Å². The van der Waals surface area contributed by atoms with Crippen LogP contribution >= 0.6 is 11.6 Å². The molecule has 1 aromatic carbocycles. The van der Waals surface area contributed by atoms with Crippen molar-refractivity contribution in [3.05, 3.63) is 46.6 Å². The summed E-state index contributed by atoms with van der Waals surface area (Å²) in [6, 6.07) is 7.52. The standard InChI is InChI=1S/C11H8ClN3O3/c12-7-3-1-6(2-4-7)10(16)13-9-5-8(11(17)18)14-15-9/h1-5H,(H,17,18)(H2,13,14,15,16). The molecule has 7 heteroatoms. The number of aromatic nitrogens is 2. The summed E-state index contributed by atoms with van der Waals surface area (Å²) in [5.41, 5.74) is 0.306. The number of amides is 1. The highest BCUT2D eigenvalue weighted by Gasteiger charge is 2.11. The Bertz CT molecular complexity index is 592. The minimum Gasteiger partial charge on any atom is -0.477 e. The molecule has 0 unspecified atom stereocenters. The van der Waals surface area contributed by atoms with Gasteiger partial charge in [-0.05, 0) is 24.3 Å². The van der Waals surface area contributed by atoms with E-state index in [1.54, 1.807) is 24.3 Å². The molecule has 0 saturated heterocycles. The second-order valence-electron chi connectivity index (χ2n) is 3.43. The molecule has 0 aliphatic heterocycles. The van der Waals surface area contributed by atoms with Crippen molar-refractivity contribution in [2.45, 2.75) is 0 Å². The van der Waals surface area contributed by atoms with Crippen LogP contribution in [0.25, 0.3) is 0 Å². The molecule has 92 valence electrons. The maximum atomic E-state index is 11.7. The van der Waals surface area contributed by atoms with Crippen molar-refractivity contribution in [1.29, 1.82) is 0 Å². The molecule has 2 aromatic rings. The maximum Gasteiger partial charge on any atom is 0.353 e. The second-order valence-corrected chi connectivity index (χ2v) is 3.87. The van der Waals surface area contributed by atoms with Crippen molar-refractivity contribution < 1.29 is 14.7 Å². The number of carbonyl (C=O) groups excluding carboxylic acids is 1. The third-order valence-corrected chi connectivity index (χ3v) is 2.41. The van der Waals surface area contributed by atoms with Gasteiger partial charge in [-0.2, -0.15) is 5.10 Å². The highest BCUT2D eigenvalue weighted by Crippen LogP contribution is 2.12. The van der Waals surface area contributed by atoms with Gasteiger partial charge in [0.1, 0.15) is 5.69 Å². The first-order valence-electron chi connectivity index (χ1n) is 4.92. The van der Waals surface area contributed by atoms with Gasteiger partial charge in [-0.1, -0.05) is 11.6 Å². The lowest BCUT2D eigenvalue weighted by atomic mass is 10.2. The first-order chi connectivity index (χ1) is 8.56. The lowest BCUT2D eigenvalue weighted by Crippen LogP contribution is -2.11. The zero-order valence-corrected chi connectivity index (χ0v) is 9.73. The molecular weight excluding hydrogens is 258 g/mol. The third-order valence-electron chi connectivity index (χ3n) is 2.16. The molecule has 0 spiro atoms. The lowest BCUT2D eigenvalue weighted by molar-refractivity contribution is 0.0690. The number of nitrogens with one attached hydrogen (secondary N) is 2. The van der Waals surface area contributed by atoms with Crippen LogP contribution in [0.1, 0.15) is 20.8 Å². The van der Waals surface area contributed by atoms with Crippen molar-refractivity contribution in [2.75, 3.05) is 5.32 Å². The van der Waals surface area contributed by atoms with Crippen molar-refractivity contribution in [3.63, 3.8) is 0 Å². The molecular formula is C11H8ClN3O3. The van der Waals surface area contributed by atoms with Crippen LogP contribution in [0.15, 0.2) is 30.3 Å². The molecule has 0 radical (unpaired) electrons. The van der Waals surface area contributed by atoms with Gasteiger partial charge in [0.05, 0.1) is 0 Å². The molecule has 1 heterocycles. The van der Waals surface area contributed by atoms with E-state index in [2.05, 4.69) is 15.5 Å². The number of benzene rings is 1. The molecule has 0 fully saturated rings. The Balaban J connectivity index is 2.11. The van der Waals surface area contributed by atoms with Crippen LogP contribution in [0.4, 0.5) is 5.82 Å². The lowest BCUT2D eigenvalue weighted by Gasteiger charge is -2.01. The first-order valence-corrected chi connectivity index (χ1v) is 5.29. The van der Waals surface area contributed by atoms with Crippen molar-refractivity contribution in [2.24, 2.45) is 0 Å². The number of carboxylic acids is 1. The van der Waals surface area contributed by atoms with Crippen LogP contribution in [0.3, 0.4) is 0 Å². The molecule has 0 aliphatic carbocycles. The number of hydrogen-bond donors (Lipinski definition) is 3. The molecule has 2 rings (SSSR count). The van der Waals surface area contributed by atoms with E-state index in [1.807, 2.05) is 0 Å². The Labute approximate surface area is 107 Å². The fourth-order valence-corrected chi connectivity index (χ4v) is 1.41. The summed E-state index contributed by atoms with van der Waals surface area (Å²) >= 11 is 5.70. The van der Waals surface area contributed by atoms with Gasteiger partial charge < -0.3 is 10.4 Å². The van der Waals surface area contributed by atoms with Crippen molar-refractivity contribution in [3.8, 4) is 0 Å². The molecule has 1 amide bonds. The number of H-pyrrole nitrogens is 1. The zero-order valence-electron chi connectivity index (χ0n) is 8.98. The number of nitrogens with zero attached hydrogens (tertiary/aromatic N) is 1. The highest BCUT2D eigenvalue weighted by atomic mass is 35.5. The van der Waals surface area contributed by atoms with Gasteiger partial charge >= 0.3 is 5.97 Å². The van der Waals surface area contributed by atoms with E-state index in [9.17, 15) is 9.59 Å². The number of rotatable bonds is 3. The first kappa shape index (κ1) is 12.1. The summed E-state index contributed by atoms with van der Waals surface area (Å²) in [7, 11) is 0. The fourth-order valence-electron chi connectivity index (χ4n) is 1.29. The van der Waals surface area contributed by atoms with E-state index in [0.29, 0.717) is 10.6 Å². The minimum atomic E-state index is -1.14. The minimum absolute atomic E-state index is 0.0959. The summed E-state index contributed by atoms with van der Waals surface area (Å²) in [4.78, 5) is 22.4. The van der Waals surface area contributed by atoms with Crippen molar-refractivity contribution in [1.82, 2.24) is 10.2 Å². The molecule has 3 N–H and O–H groups in total. The predicted octanol–water partition coefficient (Wildman–Crippen LogP) is 2.01. The zero-order chi connectivity index (χ0) is 13.1. The Morgan fingerprint density at radius 2 is 1.94 bits per heavy atom. The van der Waals surface area contributed by atoms with Gasteiger partial charge in [-0.15, -0.1) is 0 Å². The number of anilines is 1. The monoisotopic (exact) mass is 265 g/mol. The van der Waals surface area contributed by atoms with E-state index >= 15 is 0 Å². The van der Waals surface area contributed by atoms with Crippen LogP contribution in [-0.2, 0) is 0 Å². The Hall–Kier alpha value is -2.34. The molecule has 0 saturated carbocycles. The smallest absolute Gasteiger partial charge is 0.353 e. The number of aromatic carboxylic acids is 1. The topological polar surface area (TPSA) is 95.1 Å². The van der Waals surface area contributed by atoms with E-state index in [-0.39, 0.29) is 11.5 Å².